The average Bonchev–Trinajstić information content (AvgIpc) is 2.39. The molecule has 0 radical (unpaired) electrons. The van der Waals surface area contributed by atoms with Gasteiger partial charge in [-0.3, -0.25) is 4.90 Å². The standard InChI is InChI=1S/C13H16F4N2/c14-12(15)13(16,17)9-19-7-6-18-11(8-19)10-4-2-1-3-5-10/h1-5,11-12,18H,6-9H2. The minimum atomic E-state index is -3.95. The molecular formula is C13H16F4N2. The van der Waals surface area contributed by atoms with Gasteiger partial charge in [-0.1, -0.05) is 30.3 Å². The Bertz CT molecular complexity index is 397. The molecule has 1 aromatic rings. The van der Waals surface area contributed by atoms with Crippen molar-refractivity contribution < 1.29 is 17.6 Å². The average molecular weight is 276 g/mol. The van der Waals surface area contributed by atoms with E-state index in [-0.39, 0.29) is 6.04 Å². The van der Waals surface area contributed by atoms with Crippen molar-refractivity contribution in [3.05, 3.63) is 35.9 Å². The summed E-state index contributed by atoms with van der Waals surface area (Å²) in [5.74, 6) is -3.95. The first-order valence-electron chi connectivity index (χ1n) is 6.16. The lowest BCUT2D eigenvalue weighted by molar-refractivity contribution is -0.144. The molecule has 0 bridgehead atoms. The van der Waals surface area contributed by atoms with Gasteiger partial charge in [-0.25, -0.2) is 8.78 Å². The summed E-state index contributed by atoms with van der Waals surface area (Å²) in [6.45, 7) is 0.284. The maximum Gasteiger partial charge on any atom is 0.319 e. The lowest BCUT2D eigenvalue weighted by atomic mass is 10.0. The Morgan fingerprint density at radius 2 is 1.95 bits per heavy atom. The van der Waals surface area contributed by atoms with Gasteiger partial charge in [-0.2, -0.15) is 8.78 Å². The van der Waals surface area contributed by atoms with E-state index in [0.717, 1.165) is 5.56 Å². The molecule has 0 amide bonds. The Balaban J connectivity index is 1.98. The number of hydrogen-bond donors (Lipinski definition) is 1. The Kier molecular flexibility index (Phi) is 4.42. The molecule has 1 aliphatic rings. The van der Waals surface area contributed by atoms with Gasteiger partial charge in [0.2, 0.25) is 0 Å². The third-order valence-corrected chi connectivity index (χ3v) is 3.22. The van der Waals surface area contributed by atoms with Gasteiger partial charge in [0.25, 0.3) is 0 Å². The highest BCUT2D eigenvalue weighted by Crippen LogP contribution is 2.26. The Morgan fingerprint density at radius 1 is 1.26 bits per heavy atom. The fourth-order valence-electron chi connectivity index (χ4n) is 2.23. The topological polar surface area (TPSA) is 15.3 Å². The second-order valence-corrected chi connectivity index (χ2v) is 4.71. The number of nitrogens with one attached hydrogen (secondary N) is 1. The predicted molar refractivity (Wildman–Crippen MR) is 64.6 cm³/mol. The number of nitrogens with zero attached hydrogens (tertiary/aromatic N) is 1. The summed E-state index contributed by atoms with van der Waals surface area (Å²) in [7, 11) is 0. The molecule has 1 fully saturated rings. The van der Waals surface area contributed by atoms with Crippen LogP contribution in [-0.2, 0) is 0 Å². The monoisotopic (exact) mass is 276 g/mol. The summed E-state index contributed by atoms with van der Waals surface area (Å²) in [6.07, 6.45) is -3.61. The third-order valence-electron chi connectivity index (χ3n) is 3.22. The van der Waals surface area contributed by atoms with Gasteiger partial charge in [0.15, 0.2) is 0 Å². The summed E-state index contributed by atoms with van der Waals surface area (Å²) in [5, 5.41) is 3.21. The Hall–Kier alpha value is -1.14. The molecule has 0 saturated carbocycles. The molecule has 19 heavy (non-hydrogen) atoms. The molecule has 2 rings (SSSR count). The lowest BCUT2D eigenvalue weighted by Gasteiger charge is -2.35. The number of halogens is 4. The van der Waals surface area contributed by atoms with Crippen molar-refractivity contribution in [1.82, 2.24) is 10.2 Å². The Morgan fingerprint density at radius 3 is 2.58 bits per heavy atom. The van der Waals surface area contributed by atoms with E-state index in [1.165, 1.54) is 4.90 Å². The van der Waals surface area contributed by atoms with Crippen LogP contribution in [0, 0.1) is 0 Å². The molecule has 0 aliphatic carbocycles. The van der Waals surface area contributed by atoms with Gasteiger partial charge in [-0.05, 0) is 5.56 Å². The van der Waals surface area contributed by atoms with Crippen LogP contribution >= 0.6 is 0 Å². The zero-order valence-electron chi connectivity index (χ0n) is 10.3. The molecule has 1 atom stereocenters. The minimum absolute atomic E-state index is 0.0941. The maximum absolute atomic E-state index is 13.0. The van der Waals surface area contributed by atoms with Gasteiger partial charge in [0.1, 0.15) is 0 Å². The molecule has 1 unspecified atom stereocenters. The molecule has 0 aromatic heterocycles. The van der Waals surface area contributed by atoms with Gasteiger partial charge in [0.05, 0.1) is 6.54 Å². The van der Waals surface area contributed by atoms with Gasteiger partial charge >= 0.3 is 12.3 Å². The van der Waals surface area contributed by atoms with Crippen LogP contribution in [0.3, 0.4) is 0 Å². The van der Waals surface area contributed by atoms with Crippen molar-refractivity contribution in [3.63, 3.8) is 0 Å². The molecular weight excluding hydrogens is 260 g/mol. The predicted octanol–water partition coefficient (Wildman–Crippen LogP) is 2.53. The van der Waals surface area contributed by atoms with Gasteiger partial charge < -0.3 is 5.32 Å². The van der Waals surface area contributed by atoms with Crippen LogP contribution in [0.1, 0.15) is 11.6 Å². The smallest absolute Gasteiger partial charge is 0.308 e. The summed E-state index contributed by atoms with van der Waals surface area (Å²) >= 11 is 0. The molecule has 1 N–H and O–H groups in total. The number of alkyl halides is 4. The molecule has 1 heterocycles. The number of benzene rings is 1. The summed E-state index contributed by atoms with van der Waals surface area (Å²) in [6, 6.07) is 9.30. The first kappa shape index (κ1) is 14.3. The summed E-state index contributed by atoms with van der Waals surface area (Å²) in [4.78, 5) is 1.39. The van der Waals surface area contributed by atoms with Crippen LogP contribution in [0.2, 0.25) is 0 Å². The quantitative estimate of drug-likeness (QED) is 0.850. The molecule has 2 nitrogen and oxygen atoms in total. The van der Waals surface area contributed by atoms with Gasteiger partial charge in [-0.15, -0.1) is 0 Å². The minimum Gasteiger partial charge on any atom is -0.308 e. The number of piperazine rings is 1. The van der Waals surface area contributed by atoms with E-state index in [9.17, 15) is 17.6 Å². The van der Waals surface area contributed by atoms with Crippen LogP contribution in [-0.4, -0.2) is 43.4 Å². The highest BCUT2D eigenvalue weighted by atomic mass is 19.3. The van der Waals surface area contributed by atoms with Crippen LogP contribution < -0.4 is 5.32 Å². The van der Waals surface area contributed by atoms with Crippen molar-refractivity contribution in [2.75, 3.05) is 26.2 Å². The molecule has 1 saturated heterocycles. The zero-order chi connectivity index (χ0) is 13.9. The second-order valence-electron chi connectivity index (χ2n) is 4.71. The normalized spacial score (nSPS) is 21.8. The van der Waals surface area contributed by atoms with Crippen LogP contribution in [0.25, 0.3) is 0 Å². The number of hydrogen-bond acceptors (Lipinski definition) is 2. The van der Waals surface area contributed by atoms with E-state index in [0.29, 0.717) is 19.6 Å². The highest BCUT2D eigenvalue weighted by Gasteiger charge is 2.42. The SMILES string of the molecule is FC(F)C(F)(F)CN1CCNC(c2ccccc2)C1. The van der Waals surface area contributed by atoms with Crippen LogP contribution in [0.5, 0.6) is 0 Å². The van der Waals surface area contributed by atoms with Crippen molar-refractivity contribution >= 4 is 0 Å². The van der Waals surface area contributed by atoms with E-state index in [4.69, 9.17) is 0 Å². The fraction of sp³-hybridized carbons (Fsp3) is 0.538. The summed E-state index contributed by atoms with van der Waals surface area (Å²) in [5.41, 5.74) is 0.979. The highest BCUT2D eigenvalue weighted by molar-refractivity contribution is 5.19. The van der Waals surface area contributed by atoms with Crippen molar-refractivity contribution in [3.8, 4) is 0 Å². The van der Waals surface area contributed by atoms with Crippen LogP contribution in [0.15, 0.2) is 30.3 Å². The third kappa shape index (κ3) is 3.67. The molecule has 6 heteroatoms. The molecule has 0 spiro atoms. The van der Waals surface area contributed by atoms with Crippen molar-refractivity contribution in [2.24, 2.45) is 0 Å². The van der Waals surface area contributed by atoms with E-state index < -0.39 is 18.9 Å². The van der Waals surface area contributed by atoms with E-state index in [2.05, 4.69) is 5.32 Å². The van der Waals surface area contributed by atoms with Gasteiger partial charge in [0, 0.05) is 25.7 Å². The van der Waals surface area contributed by atoms with Crippen molar-refractivity contribution in [1.29, 1.82) is 0 Å². The summed E-state index contributed by atoms with van der Waals surface area (Å²) < 4.78 is 50.5. The molecule has 1 aromatic carbocycles. The molecule has 106 valence electrons. The molecule has 1 aliphatic heterocycles. The lowest BCUT2D eigenvalue weighted by Crippen LogP contribution is -2.51. The Labute approximate surface area is 109 Å². The maximum atomic E-state index is 13.0. The van der Waals surface area contributed by atoms with E-state index in [1.807, 2.05) is 30.3 Å². The fourth-order valence-corrected chi connectivity index (χ4v) is 2.23. The number of rotatable bonds is 4. The van der Waals surface area contributed by atoms with E-state index in [1.54, 1.807) is 0 Å². The largest absolute Gasteiger partial charge is 0.319 e. The first-order valence-corrected chi connectivity index (χ1v) is 6.16. The van der Waals surface area contributed by atoms with Crippen molar-refractivity contribution in [2.45, 2.75) is 18.4 Å². The second kappa shape index (κ2) is 5.88. The zero-order valence-corrected chi connectivity index (χ0v) is 10.3. The van der Waals surface area contributed by atoms with Crippen LogP contribution in [0.4, 0.5) is 17.6 Å². The first-order chi connectivity index (χ1) is 8.99. The van der Waals surface area contributed by atoms with E-state index >= 15 is 0 Å².